The molecule has 172 valence electrons. The van der Waals surface area contributed by atoms with Crippen LogP contribution in [-0.2, 0) is 11.2 Å². The van der Waals surface area contributed by atoms with E-state index in [-0.39, 0.29) is 12.3 Å². The number of anilines is 2. The summed E-state index contributed by atoms with van der Waals surface area (Å²) in [6.07, 6.45) is 8.60. The molecule has 4 aromatic heterocycles. The van der Waals surface area contributed by atoms with Crippen molar-refractivity contribution in [1.82, 2.24) is 30.2 Å². The normalized spacial score (nSPS) is 13.6. The van der Waals surface area contributed by atoms with E-state index in [2.05, 4.69) is 30.5 Å². The van der Waals surface area contributed by atoms with Gasteiger partial charge < -0.3 is 20.3 Å². The van der Waals surface area contributed by atoms with Crippen LogP contribution in [-0.4, -0.2) is 64.1 Å². The molecule has 4 aromatic rings. The molecule has 1 fully saturated rings. The lowest BCUT2D eigenvalue weighted by molar-refractivity contribution is -0.115. The average Bonchev–Trinajstić information content (AvgIpc) is 2.89. The smallest absolute Gasteiger partial charge is 0.229 e. The fourth-order valence-corrected chi connectivity index (χ4v) is 3.94. The van der Waals surface area contributed by atoms with Crippen molar-refractivity contribution in [1.29, 1.82) is 0 Å². The molecule has 0 unspecified atom stereocenters. The maximum atomic E-state index is 12.5. The number of piperazine rings is 1. The van der Waals surface area contributed by atoms with Crippen molar-refractivity contribution in [3.8, 4) is 17.1 Å². The Hall–Kier alpha value is -4.18. The van der Waals surface area contributed by atoms with Crippen LogP contribution in [0.1, 0.15) is 5.56 Å². The minimum absolute atomic E-state index is 0.161. The number of fused-ring (bicyclic) bond motifs is 1. The molecule has 10 heteroatoms. The molecule has 0 bridgehead atoms. The van der Waals surface area contributed by atoms with Crippen LogP contribution in [0.2, 0.25) is 0 Å². The third-order valence-electron chi connectivity index (χ3n) is 5.59. The molecule has 5 rings (SSSR count). The molecule has 1 amide bonds. The Bertz CT molecular complexity index is 1310. The highest BCUT2D eigenvalue weighted by Crippen LogP contribution is 2.34. The van der Waals surface area contributed by atoms with Gasteiger partial charge in [0.2, 0.25) is 5.91 Å². The summed E-state index contributed by atoms with van der Waals surface area (Å²) in [7, 11) is 1.62. The summed E-state index contributed by atoms with van der Waals surface area (Å²) < 4.78 is 5.57. The van der Waals surface area contributed by atoms with Crippen LogP contribution in [0.3, 0.4) is 0 Å². The number of carbonyl (C=O) groups is 1. The number of pyridine rings is 3. The van der Waals surface area contributed by atoms with Crippen molar-refractivity contribution in [3.05, 3.63) is 60.8 Å². The zero-order chi connectivity index (χ0) is 23.3. The molecule has 0 aromatic carbocycles. The lowest BCUT2D eigenvalue weighted by Crippen LogP contribution is -2.44. The first-order valence-electron chi connectivity index (χ1n) is 11.0. The second-order valence-corrected chi connectivity index (χ2v) is 7.85. The number of aromatic nitrogens is 5. The van der Waals surface area contributed by atoms with Crippen molar-refractivity contribution in [3.63, 3.8) is 0 Å². The Morgan fingerprint density at radius 1 is 1.09 bits per heavy atom. The minimum atomic E-state index is -0.161. The Morgan fingerprint density at radius 2 is 1.91 bits per heavy atom. The molecule has 0 saturated carbocycles. The van der Waals surface area contributed by atoms with E-state index in [0.717, 1.165) is 48.5 Å². The van der Waals surface area contributed by atoms with Crippen molar-refractivity contribution in [2.75, 3.05) is 43.5 Å². The molecule has 0 atom stereocenters. The van der Waals surface area contributed by atoms with Gasteiger partial charge in [0.25, 0.3) is 0 Å². The third kappa shape index (κ3) is 4.62. The Kier molecular flexibility index (Phi) is 6.21. The summed E-state index contributed by atoms with van der Waals surface area (Å²) in [6.45, 7) is 3.39. The minimum Gasteiger partial charge on any atom is -0.494 e. The number of rotatable bonds is 6. The average molecular weight is 457 g/mol. The van der Waals surface area contributed by atoms with Crippen molar-refractivity contribution in [2.24, 2.45) is 0 Å². The van der Waals surface area contributed by atoms with Gasteiger partial charge in [-0.15, -0.1) is 0 Å². The number of carbonyl (C=O) groups excluding carboxylic acids is 1. The van der Waals surface area contributed by atoms with Crippen molar-refractivity contribution in [2.45, 2.75) is 6.42 Å². The predicted octanol–water partition coefficient (Wildman–Crippen LogP) is 2.08. The molecule has 5 heterocycles. The van der Waals surface area contributed by atoms with Gasteiger partial charge in [0.05, 0.1) is 36.8 Å². The number of amides is 1. The number of nitrogens with one attached hydrogen (secondary N) is 2. The van der Waals surface area contributed by atoms with Gasteiger partial charge >= 0.3 is 0 Å². The van der Waals surface area contributed by atoms with Crippen LogP contribution < -0.4 is 20.3 Å². The zero-order valence-electron chi connectivity index (χ0n) is 18.7. The molecule has 2 N–H and O–H groups in total. The van der Waals surface area contributed by atoms with E-state index in [9.17, 15) is 4.79 Å². The number of hydrogen-bond donors (Lipinski definition) is 2. The first-order chi connectivity index (χ1) is 16.7. The predicted molar refractivity (Wildman–Crippen MR) is 129 cm³/mol. The standard InChI is InChI=1S/C24H24N8O2/c1-34-19-15-27-14-18-22(19)24(32-10-8-26-9-11-32)31-23(29-18)17-4-7-28-20(13-17)30-21(33)12-16-2-5-25-6-3-16/h2-7,13-15,26H,8-12H2,1H3,(H,28,30,33). The van der Waals surface area contributed by atoms with Gasteiger partial charge in [0.15, 0.2) is 5.82 Å². The molecule has 0 spiro atoms. The van der Waals surface area contributed by atoms with E-state index in [1.54, 1.807) is 44.2 Å². The van der Waals surface area contributed by atoms with Crippen molar-refractivity contribution < 1.29 is 9.53 Å². The summed E-state index contributed by atoms with van der Waals surface area (Å²) >= 11 is 0. The number of ether oxygens (including phenoxy) is 1. The number of nitrogens with zero attached hydrogens (tertiary/aromatic N) is 6. The van der Waals surface area contributed by atoms with E-state index in [1.165, 1.54) is 0 Å². The summed E-state index contributed by atoms with van der Waals surface area (Å²) in [6, 6.07) is 7.23. The van der Waals surface area contributed by atoms with E-state index in [0.29, 0.717) is 22.9 Å². The molecular formula is C24H24N8O2. The highest BCUT2D eigenvalue weighted by atomic mass is 16.5. The fourth-order valence-electron chi connectivity index (χ4n) is 3.94. The van der Waals surface area contributed by atoms with Gasteiger partial charge in [-0.3, -0.25) is 14.8 Å². The van der Waals surface area contributed by atoms with Crippen LogP contribution in [0.4, 0.5) is 11.6 Å². The third-order valence-corrected chi connectivity index (χ3v) is 5.59. The largest absolute Gasteiger partial charge is 0.494 e. The topological polar surface area (TPSA) is 118 Å². The lowest BCUT2D eigenvalue weighted by atomic mass is 10.2. The molecule has 1 saturated heterocycles. The number of methoxy groups -OCH3 is 1. The fraction of sp³-hybridized carbons (Fsp3) is 0.250. The van der Waals surface area contributed by atoms with Gasteiger partial charge in [0.1, 0.15) is 17.4 Å². The molecule has 34 heavy (non-hydrogen) atoms. The Balaban J connectivity index is 1.48. The Morgan fingerprint density at radius 3 is 2.71 bits per heavy atom. The monoisotopic (exact) mass is 456 g/mol. The van der Waals surface area contributed by atoms with Gasteiger partial charge in [0, 0.05) is 50.3 Å². The highest BCUT2D eigenvalue weighted by Gasteiger charge is 2.21. The van der Waals surface area contributed by atoms with Gasteiger partial charge in [-0.05, 0) is 29.8 Å². The first kappa shape index (κ1) is 21.7. The number of hydrogen-bond acceptors (Lipinski definition) is 9. The van der Waals surface area contributed by atoms with Crippen LogP contribution in [0.25, 0.3) is 22.3 Å². The summed E-state index contributed by atoms with van der Waals surface area (Å²) in [5, 5.41) is 7.06. The van der Waals surface area contributed by atoms with Gasteiger partial charge in [-0.25, -0.2) is 15.0 Å². The summed E-state index contributed by atoms with van der Waals surface area (Å²) in [5.74, 6) is 2.25. The molecular weight excluding hydrogens is 432 g/mol. The molecule has 1 aliphatic rings. The van der Waals surface area contributed by atoms with Crippen LogP contribution in [0, 0.1) is 0 Å². The maximum Gasteiger partial charge on any atom is 0.229 e. The summed E-state index contributed by atoms with van der Waals surface area (Å²) in [4.78, 5) is 37.0. The van der Waals surface area contributed by atoms with Crippen LogP contribution in [0.15, 0.2) is 55.2 Å². The summed E-state index contributed by atoms with van der Waals surface area (Å²) in [5.41, 5.74) is 2.32. The molecule has 0 radical (unpaired) electrons. The molecule has 0 aliphatic carbocycles. The molecule has 10 nitrogen and oxygen atoms in total. The van der Waals surface area contributed by atoms with E-state index in [1.807, 2.05) is 18.2 Å². The zero-order valence-corrected chi connectivity index (χ0v) is 18.7. The Labute approximate surface area is 196 Å². The van der Waals surface area contributed by atoms with Crippen LogP contribution in [0.5, 0.6) is 5.75 Å². The second kappa shape index (κ2) is 9.75. The van der Waals surface area contributed by atoms with Gasteiger partial charge in [-0.1, -0.05) is 0 Å². The first-order valence-corrected chi connectivity index (χ1v) is 11.0. The second-order valence-electron chi connectivity index (χ2n) is 7.85. The quantitative estimate of drug-likeness (QED) is 0.449. The SMILES string of the molecule is COc1cncc2nc(-c3ccnc(NC(=O)Cc4ccncc4)c3)nc(N3CCNCC3)c12. The van der Waals surface area contributed by atoms with Crippen molar-refractivity contribution >= 4 is 28.4 Å². The van der Waals surface area contributed by atoms with E-state index in [4.69, 9.17) is 14.7 Å². The van der Waals surface area contributed by atoms with E-state index < -0.39 is 0 Å². The van der Waals surface area contributed by atoms with Gasteiger partial charge in [-0.2, -0.15) is 0 Å². The van der Waals surface area contributed by atoms with E-state index >= 15 is 0 Å². The molecule has 1 aliphatic heterocycles. The van der Waals surface area contributed by atoms with Crippen LogP contribution >= 0.6 is 0 Å². The maximum absolute atomic E-state index is 12.5. The lowest BCUT2D eigenvalue weighted by Gasteiger charge is -2.29. The highest BCUT2D eigenvalue weighted by molar-refractivity contribution is 5.96.